The van der Waals surface area contributed by atoms with Gasteiger partial charge in [0.1, 0.15) is 6.04 Å². The molecule has 150 valence electrons. The topological polar surface area (TPSA) is 78.7 Å². The number of benzene rings is 1. The number of primary amides is 1. The van der Waals surface area contributed by atoms with E-state index in [0.29, 0.717) is 19.0 Å². The molecule has 2 atom stereocenters. The van der Waals surface area contributed by atoms with Gasteiger partial charge in [-0.05, 0) is 23.0 Å². The third-order valence-electron chi connectivity index (χ3n) is 5.51. The summed E-state index contributed by atoms with van der Waals surface area (Å²) in [6.07, 6.45) is 0.809. The van der Waals surface area contributed by atoms with Crippen LogP contribution in [0.25, 0.3) is 0 Å². The molecule has 1 heterocycles. The van der Waals surface area contributed by atoms with Crippen molar-refractivity contribution in [3.05, 3.63) is 35.4 Å². The Morgan fingerprint density at radius 3 is 2.15 bits per heavy atom. The number of amides is 3. The van der Waals surface area contributed by atoms with Crippen LogP contribution in [-0.4, -0.2) is 54.0 Å². The normalized spacial score (nSPS) is 17.6. The van der Waals surface area contributed by atoms with E-state index in [9.17, 15) is 9.59 Å². The predicted molar refractivity (Wildman–Crippen MR) is 108 cm³/mol. The van der Waals surface area contributed by atoms with Crippen molar-refractivity contribution in [1.82, 2.24) is 15.1 Å². The van der Waals surface area contributed by atoms with Gasteiger partial charge in [-0.25, -0.2) is 4.79 Å². The van der Waals surface area contributed by atoms with E-state index < -0.39 is 12.1 Å². The van der Waals surface area contributed by atoms with Gasteiger partial charge in [-0.2, -0.15) is 0 Å². The summed E-state index contributed by atoms with van der Waals surface area (Å²) in [5.74, 6) is 0.577. The second kappa shape index (κ2) is 9.74. The average Bonchev–Trinajstić information content (AvgIpc) is 2.66. The zero-order valence-corrected chi connectivity index (χ0v) is 17.1. The third kappa shape index (κ3) is 5.96. The minimum atomic E-state index is -0.642. The van der Waals surface area contributed by atoms with Crippen LogP contribution in [0.5, 0.6) is 0 Å². The summed E-state index contributed by atoms with van der Waals surface area (Å²) in [5.41, 5.74) is 7.91. The van der Waals surface area contributed by atoms with Crippen molar-refractivity contribution >= 4 is 11.9 Å². The largest absolute Gasteiger partial charge is 0.352 e. The number of hydrogen-bond donors (Lipinski definition) is 2. The first kappa shape index (κ1) is 21.2. The van der Waals surface area contributed by atoms with Crippen LogP contribution in [0, 0.1) is 5.92 Å². The molecule has 2 rings (SSSR count). The van der Waals surface area contributed by atoms with E-state index in [1.54, 1.807) is 0 Å². The van der Waals surface area contributed by atoms with Gasteiger partial charge >= 0.3 is 6.03 Å². The quantitative estimate of drug-likeness (QED) is 0.770. The Balaban J connectivity index is 1.89. The highest BCUT2D eigenvalue weighted by atomic mass is 16.2. The fourth-order valence-electron chi connectivity index (χ4n) is 3.43. The summed E-state index contributed by atoms with van der Waals surface area (Å²) in [7, 11) is 0. The molecule has 0 unspecified atom stereocenters. The van der Waals surface area contributed by atoms with Gasteiger partial charge in [-0.15, -0.1) is 0 Å². The molecule has 6 heteroatoms. The first-order valence-corrected chi connectivity index (χ1v) is 9.97. The van der Waals surface area contributed by atoms with Gasteiger partial charge in [-0.3, -0.25) is 9.69 Å². The van der Waals surface area contributed by atoms with E-state index in [4.69, 9.17) is 5.73 Å². The Bertz CT molecular complexity index is 622. The van der Waals surface area contributed by atoms with Gasteiger partial charge < -0.3 is 16.0 Å². The van der Waals surface area contributed by atoms with E-state index in [1.165, 1.54) is 11.1 Å². The Hall–Kier alpha value is -2.08. The first-order chi connectivity index (χ1) is 12.8. The maximum Gasteiger partial charge on any atom is 0.312 e. The lowest BCUT2D eigenvalue weighted by Gasteiger charge is -2.37. The van der Waals surface area contributed by atoms with Gasteiger partial charge in [0.25, 0.3) is 0 Å². The van der Waals surface area contributed by atoms with Gasteiger partial charge in [0.2, 0.25) is 5.91 Å². The fourth-order valence-corrected chi connectivity index (χ4v) is 3.43. The maximum absolute atomic E-state index is 12.8. The van der Waals surface area contributed by atoms with Crippen molar-refractivity contribution < 1.29 is 9.59 Å². The molecule has 3 amide bonds. The van der Waals surface area contributed by atoms with Crippen LogP contribution >= 0.6 is 0 Å². The number of carbonyl (C=O) groups excluding carboxylic acids is 2. The molecule has 3 N–H and O–H groups in total. The molecule has 1 aliphatic rings. The number of nitrogens with two attached hydrogens (primary N) is 1. The van der Waals surface area contributed by atoms with Crippen molar-refractivity contribution in [2.45, 2.75) is 52.6 Å². The van der Waals surface area contributed by atoms with Gasteiger partial charge in [0, 0.05) is 32.7 Å². The summed E-state index contributed by atoms with van der Waals surface area (Å²) >= 11 is 0. The second-order valence-corrected chi connectivity index (χ2v) is 7.87. The molecule has 1 aromatic carbocycles. The summed E-state index contributed by atoms with van der Waals surface area (Å²) < 4.78 is 0. The van der Waals surface area contributed by atoms with E-state index in [0.717, 1.165) is 26.1 Å². The molecule has 0 radical (unpaired) electrons. The van der Waals surface area contributed by atoms with Crippen molar-refractivity contribution in [3.63, 3.8) is 0 Å². The van der Waals surface area contributed by atoms with E-state index in [-0.39, 0.29) is 11.8 Å². The van der Waals surface area contributed by atoms with Crippen LogP contribution in [0.1, 0.15) is 51.2 Å². The molecule has 1 saturated heterocycles. The molecule has 0 saturated carbocycles. The average molecular weight is 375 g/mol. The molecule has 1 aliphatic heterocycles. The highest BCUT2D eigenvalue weighted by Gasteiger charge is 2.31. The number of rotatable bonds is 7. The first-order valence-electron chi connectivity index (χ1n) is 9.97. The van der Waals surface area contributed by atoms with E-state index in [1.807, 2.05) is 18.7 Å². The zero-order chi connectivity index (χ0) is 20.0. The van der Waals surface area contributed by atoms with Gasteiger partial charge in [-0.1, -0.05) is 58.4 Å². The molecular weight excluding hydrogens is 340 g/mol. The summed E-state index contributed by atoms with van der Waals surface area (Å²) in [6.45, 7) is 12.3. The predicted octanol–water partition coefficient (Wildman–Crippen LogP) is 2.54. The molecule has 0 aromatic heterocycles. The summed E-state index contributed by atoms with van der Waals surface area (Å²) in [5, 5.41) is 2.63. The second-order valence-electron chi connectivity index (χ2n) is 7.87. The molecule has 0 aliphatic carbocycles. The molecule has 0 spiro atoms. The molecule has 27 heavy (non-hydrogen) atoms. The number of urea groups is 1. The Labute approximate surface area is 163 Å². The SMILES string of the molecule is CC[C@H](C)[C@H](NC(N)=O)C(=O)N1CCN(Cc2ccc(C(C)C)cc2)CC1. The smallest absolute Gasteiger partial charge is 0.312 e. The monoisotopic (exact) mass is 374 g/mol. The minimum Gasteiger partial charge on any atom is -0.352 e. The molecular formula is C21H34N4O2. The highest BCUT2D eigenvalue weighted by molar-refractivity contribution is 5.87. The molecule has 1 fully saturated rings. The Morgan fingerprint density at radius 2 is 1.67 bits per heavy atom. The van der Waals surface area contributed by atoms with Crippen molar-refractivity contribution in [1.29, 1.82) is 0 Å². The van der Waals surface area contributed by atoms with Crippen molar-refractivity contribution in [3.8, 4) is 0 Å². The number of nitrogens with one attached hydrogen (secondary N) is 1. The number of nitrogens with zero attached hydrogens (tertiary/aromatic N) is 2. The Kier molecular flexibility index (Phi) is 7.66. The van der Waals surface area contributed by atoms with E-state index in [2.05, 4.69) is 48.3 Å². The van der Waals surface area contributed by atoms with Gasteiger partial charge in [0.15, 0.2) is 0 Å². The fraction of sp³-hybridized carbons (Fsp3) is 0.619. The lowest BCUT2D eigenvalue weighted by atomic mass is 9.97. The third-order valence-corrected chi connectivity index (χ3v) is 5.51. The molecule has 1 aromatic rings. The van der Waals surface area contributed by atoms with Crippen molar-refractivity contribution in [2.24, 2.45) is 11.7 Å². The Morgan fingerprint density at radius 1 is 1.07 bits per heavy atom. The van der Waals surface area contributed by atoms with Crippen LogP contribution in [-0.2, 0) is 11.3 Å². The summed E-state index contributed by atoms with van der Waals surface area (Å²) in [6, 6.07) is 7.61. The molecule has 6 nitrogen and oxygen atoms in total. The van der Waals surface area contributed by atoms with Crippen LogP contribution in [0.15, 0.2) is 24.3 Å². The van der Waals surface area contributed by atoms with Crippen molar-refractivity contribution in [2.75, 3.05) is 26.2 Å². The highest BCUT2D eigenvalue weighted by Crippen LogP contribution is 2.17. The zero-order valence-electron chi connectivity index (χ0n) is 17.1. The molecule has 0 bridgehead atoms. The van der Waals surface area contributed by atoms with Crippen LogP contribution < -0.4 is 11.1 Å². The van der Waals surface area contributed by atoms with Gasteiger partial charge in [0.05, 0.1) is 0 Å². The minimum absolute atomic E-state index is 0.0240. The maximum atomic E-state index is 12.8. The number of hydrogen-bond acceptors (Lipinski definition) is 3. The number of piperazine rings is 1. The lowest BCUT2D eigenvalue weighted by molar-refractivity contribution is -0.136. The summed E-state index contributed by atoms with van der Waals surface area (Å²) in [4.78, 5) is 28.3. The number of carbonyl (C=O) groups is 2. The standard InChI is InChI=1S/C21H34N4O2/c1-5-16(4)19(23-21(22)27)20(26)25-12-10-24(11-13-25)14-17-6-8-18(9-7-17)15(2)3/h6-9,15-16,19H,5,10-14H2,1-4H3,(H3,22,23,27)/t16-,19-/m0/s1. The van der Waals surface area contributed by atoms with Crippen LogP contribution in [0.2, 0.25) is 0 Å². The lowest BCUT2D eigenvalue weighted by Crippen LogP contribution is -2.57. The van der Waals surface area contributed by atoms with Crippen LogP contribution in [0.3, 0.4) is 0 Å². The van der Waals surface area contributed by atoms with Crippen LogP contribution in [0.4, 0.5) is 4.79 Å². The van der Waals surface area contributed by atoms with E-state index >= 15 is 0 Å².